The Morgan fingerprint density at radius 1 is 1.18 bits per heavy atom. The van der Waals surface area contributed by atoms with Gasteiger partial charge in [-0.15, -0.1) is 0 Å². The number of hydrogen-bond donors (Lipinski definition) is 5. The Labute approximate surface area is 221 Å². The van der Waals surface area contributed by atoms with E-state index in [0.29, 0.717) is 25.1 Å². The monoisotopic (exact) mass is 546 g/mol. The van der Waals surface area contributed by atoms with Crippen LogP contribution in [-0.4, -0.2) is 44.7 Å². The van der Waals surface area contributed by atoms with Crippen LogP contribution in [0.25, 0.3) is 0 Å². The Balaban J connectivity index is 1.46. The van der Waals surface area contributed by atoms with E-state index in [2.05, 4.69) is 25.6 Å². The number of hydrogen-bond acceptors (Lipinski definition) is 7. The normalized spacial score (nSPS) is 17.1. The lowest BCUT2D eigenvalue weighted by atomic mass is 9.77. The number of nitrogens with one attached hydrogen (secondary N) is 3. The van der Waals surface area contributed by atoms with Crippen molar-refractivity contribution in [3.8, 4) is 0 Å². The van der Waals surface area contributed by atoms with Crippen molar-refractivity contribution in [2.45, 2.75) is 57.0 Å². The van der Waals surface area contributed by atoms with Gasteiger partial charge in [0.15, 0.2) is 0 Å². The minimum atomic E-state index is -4.64. The minimum Gasteiger partial charge on any atom is -0.383 e. The van der Waals surface area contributed by atoms with Crippen LogP contribution in [0.5, 0.6) is 0 Å². The number of carbonyl (C=O) groups is 1. The van der Waals surface area contributed by atoms with Crippen molar-refractivity contribution in [2.75, 3.05) is 11.9 Å². The molecule has 9 nitrogen and oxygen atoms in total. The summed E-state index contributed by atoms with van der Waals surface area (Å²) in [6.07, 6.45) is -1.15. The van der Waals surface area contributed by atoms with E-state index in [0.717, 1.165) is 44.1 Å². The van der Waals surface area contributed by atoms with Crippen LogP contribution in [0.15, 0.2) is 36.5 Å². The van der Waals surface area contributed by atoms with Crippen LogP contribution in [0.2, 0.25) is 0 Å². The summed E-state index contributed by atoms with van der Waals surface area (Å²) in [4.78, 5) is 25.6. The molecule has 1 fully saturated rings. The number of aromatic nitrogens is 3. The van der Waals surface area contributed by atoms with Gasteiger partial charge in [0.05, 0.1) is 6.20 Å². The first-order valence-electron chi connectivity index (χ1n) is 12.6. The molecule has 0 spiro atoms. The van der Waals surface area contributed by atoms with Crippen molar-refractivity contribution in [3.63, 3.8) is 0 Å². The summed E-state index contributed by atoms with van der Waals surface area (Å²) < 4.78 is 53.8. The Hall–Kier alpha value is -3.68. The fourth-order valence-corrected chi connectivity index (χ4v) is 4.54. The molecule has 0 radical (unpaired) electrons. The van der Waals surface area contributed by atoms with Crippen LogP contribution in [-0.2, 0) is 18.6 Å². The summed E-state index contributed by atoms with van der Waals surface area (Å²) in [5, 5.41) is 20.3. The number of fused-ring (bicyclic) bond motifs is 1. The highest BCUT2D eigenvalue weighted by Crippen LogP contribution is 2.41. The van der Waals surface area contributed by atoms with E-state index in [1.54, 1.807) is 0 Å². The molecule has 1 aliphatic heterocycles. The molecule has 1 aliphatic carbocycles. The molecule has 206 valence electrons. The molecule has 2 aromatic heterocycles. The van der Waals surface area contributed by atoms with Crippen molar-refractivity contribution in [2.24, 2.45) is 0 Å². The van der Waals surface area contributed by atoms with Crippen LogP contribution < -0.4 is 21.3 Å². The predicted octanol–water partition coefficient (Wildman–Crippen LogP) is 2.98. The second-order valence-electron chi connectivity index (χ2n) is 9.86. The maximum atomic E-state index is 14.5. The Bertz CT molecular complexity index is 1400. The van der Waals surface area contributed by atoms with Crippen LogP contribution in [0.4, 0.5) is 40.8 Å². The zero-order valence-electron chi connectivity index (χ0n) is 21.1. The molecule has 0 bridgehead atoms. The van der Waals surface area contributed by atoms with Gasteiger partial charge in [0.2, 0.25) is 17.6 Å². The van der Waals surface area contributed by atoms with Gasteiger partial charge in [-0.1, -0.05) is 6.07 Å². The SMILES string of the molecule is CC(NC(=O)c1cnc(Nc2ccc3c(c2)CNCC3)nc1[NH2+]c1ccc(F)c(C2(O)CCC2)n1)C(F)(F)F. The van der Waals surface area contributed by atoms with Gasteiger partial charge in [-0.3, -0.25) is 4.79 Å². The van der Waals surface area contributed by atoms with E-state index in [1.165, 1.54) is 16.9 Å². The first kappa shape index (κ1) is 26.9. The van der Waals surface area contributed by atoms with Crippen LogP contribution in [0.3, 0.4) is 0 Å². The lowest BCUT2D eigenvalue weighted by molar-refractivity contribution is -0.487. The molecule has 1 saturated carbocycles. The number of anilines is 2. The molecule has 3 heterocycles. The summed E-state index contributed by atoms with van der Waals surface area (Å²) >= 11 is 0. The Kier molecular flexibility index (Phi) is 7.23. The molecule has 1 unspecified atom stereocenters. The molecule has 6 N–H and O–H groups in total. The van der Waals surface area contributed by atoms with E-state index in [9.17, 15) is 27.5 Å². The average Bonchev–Trinajstić information content (AvgIpc) is 2.88. The highest BCUT2D eigenvalue weighted by atomic mass is 19.4. The predicted molar refractivity (Wildman–Crippen MR) is 133 cm³/mol. The summed E-state index contributed by atoms with van der Waals surface area (Å²) in [5.41, 5.74) is 1.32. The number of benzene rings is 1. The second kappa shape index (κ2) is 10.5. The van der Waals surface area contributed by atoms with Crippen LogP contribution in [0, 0.1) is 5.82 Å². The number of nitrogens with two attached hydrogens (primary N) is 1. The summed E-state index contributed by atoms with van der Waals surface area (Å²) in [6, 6.07) is 6.20. The number of halogens is 4. The molecule has 13 heteroatoms. The van der Waals surface area contributed by atoms with Crippen molar-refractivity contribution >= 4 is 29.2 Å². The number of aliphatic hydroxyl groups is 1. The van der Waals surface area contributed by atoms with Crippen molar-refractivity contribution < 1.29 is 32.8 Å². The summed E-state index contributed by atoms with van der Waals surface area (Å²) in [5.74, 6) is -1.44. The number of amides is 1. The van der Waals surface area contributed by atoms with Gasteiger partial charge in [0, 0.05) is 18.3 Å². The Morgan fingerprint density at radius 2 is 1.97 bits per heavy atom. The van der Waals surface area contributed by atoms with E-state index in [4.69, 9.17) is 0 Å². The smallest absolute Gasteiger partial charge is 0.383 e. The average molecular weight is 547 g/mol. The number of pyridine rings is 1. The second-order valence-corrected chi connectivity index (χ2v) is 9.86. The van der Waals surface area contributed by atoms with Gasteiger partial charge in [0.25, 0.3) is 5.91 Å². The van der Waals surface area contributed by atoms with E-state index < -0.39 is 29.5 Å². The maximum absolute atomic E-state index is 14.5. The molecule has 39 heavy (non-hydrogen) atoms. The highest BCUT2D eigenvalue weighted by Gasteiger charge is 2.41. The quantitative estimate of drug-likeness (QED) is 0.288. The molecule has 1 atom stereocenters. The van der Waals surface area contributed by atoms with Crippen molar-refractivity contribution in [1.82, 2.24) is 25.6 Å². The zero-order valence-corrected chi connectivity index (χ0v) is 21.1. The van der Waals surface area contributed by atoms with Gasteiger partial charge in [-0.25, -0.2) is 14.7 Å². The van der Waals surface area contributed by atoms with Crippen molar-refractivity contribution in [3.05, 3.63) is 64.7 Å². The molecular formula is C26H28F4N7O2+. The van der Waals surface area contributed by atoms with Crippen molar-refractivity contribution in [1.29, 1.82) is 0 Å². The van der Waals surface area contributed by atoms with Gasteiger partial charge >= 0.3 is 6.18 Å². The van der Waals surface area contributed by atoms with Gasteiger partial charge in [-0.05, 0) is 68.5 Å². The summed E-state index contributed by atoms with van der Waals surface area (Å²) in [7, 11) is 0. The number of carbonyl (C=O) groups excluding carboxylic acids is 1. The molecule has 3 aromatic rings. The molecule has 0 saturated heterocycles. The van der Waals surface area contributed by atoms with Gasteiger partial charge in [-0.2, -0.15) is 23.1 Å². The number of nitrogens with zero attached hydrogens (tertiary/aromatic N) is 3. The lowest BCUT2D eigenvalue weighted by Crippen LogP contribution is -2.73. The van der Waals surface area contributed by atoms with E-state index in [-0.39, 0.29) is 28.8 Å². The fourth-order valence-electron chi connectivity index (χ4n) is 4.54. The van der Waals surface area contributed by atoms with Gasteiger partial charge in [0.1, 0.15) is 28.7 Å². The zero-order chi connectivity index (χ0) is 27.8. The standard InChI is InChI=1S/C26H27F4N7O2/c1-14(26(28,29)30)33-23(38)18-13-32-24(34-17-4-3-15-7-10-31-12-16(15)11-17)37-22(18)36-20-6-5-19(27)21(35-20)25(39)8-2-9-25/h3-6,11,13-14,31,39H,2,7-10,12H2,1H3,(H,33,38)(H2,32,34,35,36,37)/p+1. The highest BCUT2D eigenvalue weighted by molar-refractivity contribution is 5.97. The number of alkyl halides is 3. The fraction of sp³-hybridized carbons (Fsp3) is 0.385. The minimum absolute atomic E-state index is 0.0235. The Morgan fingerprint density at radius 3 is 2.69 bits per heavy atom. The summed E-state index contributed by atoms with van der Waals surface area (Å²) in [6.45, 7) is 2.44. The maximum Gasteiger partial charge on any atom is 0.408 e. The van der Waals surface area contributed by atoms with Gasteiger partial charge < -0.3 is 21.1 Å². The topological polar surface area (TPSA) is 129 Å². The first-order valence-corrected chi connectivity index (χ1v) is 12.6. The molecule has 2 aliphatic rings. The molecule has 5 rings (SSSR count). The first-order chi connectivity index (χ1) is 18.5. The molecule has 1 aromatic carbocycles. The number of quaternary nitrogens is 1. The van der Waals surface area contributed by atoms with E-state index in [1.807, 2.05) is 23.5 Å². The molecule has 1 amide bonds. The van der Waals surface area contributed by atoms with Crippen LogP contribution >= 0.6 is 0 Å². The van der Waals surface area contributed by atoms with E-state index >= 15 is 0 Å². The largest absolute Gasteiger partial charge is 0.408 e. The lowest BCUT2D eigenvalue weighted by Gasteiger charge is -2.35. The third-order valence-corrected chi connectivity index (χ3v) is 7.02. The molecular weight excluding hydrogens is 518 g/mol. The third-order valence-electron chi connectivity index (χ3n) is 7.02. The number of rotatable bonds is 7. The van der Waals surface area contributed by atoms with Crippen LogP contribution in [0.1, 0.15) is 53.4 Å². The third kappa shape index (κ3) is 5.84.